The summed E-state index contributed by atoms with van der Waals surface area (Å²) in [5.74, 6) is 1.69. The number of nitrogens with one attached hydrogen (secondary N) is 1. The van der Waals surface area contributed by atoms with Gasteiger partial charge in [-0.05, 0) is 48.9 Å². The Labute approximate surface area is 156 Å². The maximum absolute atomic E-state index is 13.4. The van der Waals surface area contributed by atoms with Crippen LogP contribution in [0.2, 0.25) is 5.02 Å². The van der Waals surface area contributed by atoms with Crippen LogP contribution in [0.4, 0.5) is 0 Å². The van der Waals surface area contributed by atoms with E-state index in [-0.39, 0.29) is 5.91 Å². The van der Waals surface area contributed by atoms with Crippen LogP contribution in [0, 0.1) is 6.92 Å². The van der Waals surface area contributed by atoms with Gasteiger partial charge in [0, 0.05) is 29.4 Å². The van der Waals surface area contributed by atoms with Gasteiger partial charge >= 0.3 is 0 Å². The maximum atomic E-state index is 13.4. The molecule has 3 rings (SSSR count). The van der Waals surface area contributed by atoms with Crippen LogP contribution in [-0.2, 0) is 4.79 Å². The highest BCUT2D eigenvalue weighted by atomic mass is 35.5. The number of allylic oxidation sites excluding steroid dienone is 6. The van der Waals surface area contributed by atoms with Crippen LogP contribution in [-0.4, -0.2) is 23.0 Å². The van der Waals surface area contributed by atoms with Gasteiger partial charge in [-0.1, -0.05) is 23.8 Å². The van der Waals surface area contributed by atoms with Gasteiger partial charge in [-0.2, -0.15) is 5.10 Å². The summed E-state index contributed by atoms with van der Waals surface area (Å²) in [6.45, 7) is 1.82. The van der Waals surface area contributed by atoms with Gasteiger partial charge in [0.2, 0.25) is 0 Å². The Morgan fingerprint density at radius 3 is 2.96 bits per heavy atom. The Hall–Kier alpha value is -3.14. The van der Waals surface area contributed by atoms with E-state index in [1.807, 2.05) is 25.0 Å². The van der Waals surface area contributed by atoms with Gasteiger partial charge in [-0.15, -0.1) is 0 Å². The van der Waals surface area contributed by atoms with Crippen molar-refractivity contribution >= 4 is 29.7 Å². The van der Waals surface area contributed by atoms with E-state index in [4.69, 9.17) is 11.6 Å². The Morgan fingerprint density at radius 2 is 2.19 bits per heavy atom. The number of benzene rings is 1. The lowest BCUT2D eigenvalue weighted by Crippen LogP contribution is -2.31. The fourth-order valence-corrected chi connectivity index (χ4v) is 2.96. The first-order chi connectivity index (χ1) is 12.6. The number of hydrogen-bond donors (Lipinski definition) is 1. The number of nitrogens with zero attached hydrogens (tertiary/aromatic N) is 2. The summed E-state index contributed by atoms with van der Waals surface area (Å²) in [7, 11) is 0. The molecule has 1 heterocycles. The molecule has 1 aliphatic carbocycles. The van der Waals surface area contributed by atoms with Crippen LogP contribution in [0.5, 0.6) is 0 Å². The maximum Gasteiger partial charge on any atom is 0.263 e. The van der Waals surface area contributed by atoms with Gasteiger partial charge in [0.1, 0.15) is 5.94 Å². The second kappa shape index (κ2) is 7.83. The van der Waals surface area contributed by atoms with Crippen molar-refractivity contribution < 1.29 is 9.59 Å². The van der Waals surface area contributed by atoms with Gasteiger partial charge in [0.15, 0.2) is 0 Å². The molecule has 1 amide bonds. The van der Waals surface area contributed by atoms with Crippen LogP contribution < -0.4 is 5.43 Å². The smallest absolute Gasteiger partial charge is 0.263 e. The number of halogens is 1. The topological polar surface area (TPSA) is 61.8 Å². The molecule has 0 fully saturated rings. The molecule has 0 aromatic heterocycles. The standard InChI is InChI=1S/C20H16ClN3O2/c1-14-12-16(21)6-7-18(14)20(26)24(17-8-10-22-23-11-9-17)19-5-3-2-4-15(19)13-25/h2-3,5-12,22H,4H2,1H3. The Kier molecular flexibility index (Phi) is 5.32. The Morgan fingerprint density at radius 1 is 1.35 bits per heavy atom. The van der Waals surface area contributed by atoms with Crippen molar-refractivity contribution in [2.45, 2.75) is 13.3 Å². The van der Waals surface area contributed by atoms with E-state index in [0.717, 1.165) is 5.56 Å². The van der Waals surface area contributed by atoms with Gasteiger partial charge in [0.05, 0.1) is 17.0 Å². The first-order valence-corrected chi connectivity index (χ1v) is 8.37. The molecular weight excluding hydrogens is 350 g/mol. The van der Waals surface area contributed by atoms with Crippen molar-refractivity contribution in [2.75, 3.05) is 0 Å². The molecule has 6 heteroatoms. The Bertz CT molecular complexity index is 948. The van der Waals surface area contributed by atoms with Crippen LogP contribution in [0.25, 0.3) is 0 Å². The molecule has 0 radical (unpaired) electrons. The van der Waals surface area contributed by atoms with Crippen molar-refractivity contribution in [3.8, 4) is 0 Å². The molecule has 0 saturated heterocycles. The summed E-state index contributed by atoms with van der Waals surface area (Å²) in [6, 6.07) is 5.09. The van der Waals surface area contributed by atoms with Gasteiger partial charge in [-0.3, -0.25) is 15.1 Å². The number of rotatable bonds is 3. The summed E-state index contributed by atoms with van der Waals surface area (Å²) in [6.07, 6.45) is 12.4. The highest BCUT2D eigenvalue weighted by Crippen LogP contribution is 2.29. The molecule has 1 N–H and O–H groups in total. The molecule has 0 bridgehead atoms. The predicted octanol–water partition coefficient (Wildman–Crippen LogP) is 3.68. The molecule has 1 aromatic carbocycles. The van der Waals surface area contributed by atoms with Crippen molar-refractivity contribution in [3.63, 3.8) is 0 Å². The molecule has 0 saturated carbocycles. The van der Waals surface area contributed by atoms with Crippen LogP contribution in [0.1, 0.15) is 22.3 Å². The van der Waals surface area contributed by atoms with Crippen molar-refractivity contribution in [2.24, 2.45) is 5.10 Å². The third-order valence-electron chi connectivity index (χ3n) is 3.99. The number of aryl methyl sites for hydroxylation is 1. The Balaban J connectivity index is 2.14. The molecule has 26 heavy (non-hydrogen) atoms. The molecule has 1 aliphatic heterocycles. The quantitative estimate of drug-likeness (QED) is 0.831. The van der Waals surface area contributed by atoms with Crippen LogP contribution >= 0.6 is 11.6 Å². The monoisotopic (exact) mass is 365 g/mol. The lowest BCUT2D eigenvalue weighted by molar-refractivity contribution is 0.0850. The summed E-state index contributed by atoms with van der Waals surface area (Å²) >= 11 is 6.02. The van der Waals surface area contributed by atoms with Crippen molar-refractivity contribution in [1.29, 1.82) is 0 Å². The largest absolute Gasteiger partial charge is 0.286 e. The normalized spacial score (nSPS) is 15.5. The van der Waals surface area contributed by atoms with Crippen LogP contribution in [0.3, 0.4) is 0 Å². The number of amides is 1. The molecule has 1 aromatic rings. The zero-order valence-corrected chi connectivity index (χ0v) is 14.8. The second-order valence-electron chi connectivity index (χ2n) is 5.70. The van der Waals surface area contributed by atoms with E-state index in [0.29, 0.717) is 34.0 Å². The second-order valence-corrected chi connectivity index (χ2v) is 6.13. The van der Waals surface area contributed by atoms with Crippen molar-refractivity contribution in [3.05, 3.63) is 87.9 Å². The first kappa shape index (κ1) is 17.7. The van der Waals surface area contributed by atoms with Gasteiger partial charge in [-0.25, -0.2) is 4.79 Å². The SMILES string of the molecule is Cc1cc(Cl)ccc1C(=O)N(C1=CC=NNC=C1)C1=CC=CCC1=C=O. The molecule has 0 spiro atoms. The van der Waals surface area contributed by atoms with E-state index in [2.05, 4.69) is 10.5 Å². The zero-order valence-electron chi connectivity index (χ0n) is 14.1. The third-order valence-corrected chi connectivity index (χ3v) is 4.22. The number of carbonyl (C=O) groups is 1. The van der Waals surface area contributed by atoms with E-state index in [9.17, 15) is 9.59 Å². The zero-order chi connectivity index (χ0) is 18.5. The van der Waals surface area contributed by atoms with E-state index < -0.39 is 0 Å². The molecule has 0 atom stereocenters. The highest BCUT2D eigenvalue weighted by Gasteiger charge is 2.27. The number of hydrazone groups is 1. The third kappa shape index (κ3) is 3.59. The van der Waals surface area contributed by atoms with E-state index in [1.54, 1.807) is 48.8 Å². The average molecular weight is 366 g/mol. The summed E-state index contributed by atoms with van der Waals surface area (Å²) in [5, 5.41) is 4.50. The molecule has 2 aliphatic rings. The minimum absolute atomic E-state index is 0.264. The predicted molar refractivity (Wildman–Crippen MR) is 102 cm³/mol. The molecule has 0 unspecified atom stereocenters. The van der Waals surface area contributed by atoms with Crippen molar-refractivity contribution in [1.82, 2.24) is 10.3 Å². The number of carbonyl (C=O) groups excluding carboxylic acids is 2. The lowest BCUT2D eigenvalue weighted by atomic mass is 10.0. The highest BCUT2D eigenvalue weighted by molar-refractivity contribution is 6.30. The molecule has 5 nitrogen and oxygen atoms in total. The minimum atomic E-state index is -0.264. The summed E-state index contributed by atoms with van der Waals surface area (Å²) in [4.78, 5) is 26.3. The fourth-order valence-electron chi connectivity index (χ4n) is 2.73. The molecular formula is C20H16ClN3O2. The van der Waals surface area contributed by atoms with Crippen LogP contribution in [0.15, 0.2) is 76.8 Å². The van der Waals surface area contributed by atoms with E-state index in [1.165, 1.54) is 4.90 Å². The van der Waals surface area contributed by atoms with E-state index >= 15 is 0 Å². The molecule has 130 valence electrons. The minimum Gasteiger partial charge on any atom is -0.286 e. The lowest BCUT2D eigenvalue weighted by Gasteiger charge is -2.28. The first-order valence-electron chi connectivity index (χ1n) is 7.99. The summed E-state index contributed by atoms with van der Waals surface area (Å²) in [5.41, 5.74) is 5.45. The van der Waals surface area contributed by atoms with Gasteiger partial charge < -0.3 is 0 Å². The number of hydrogen-bond acceptors (Lipinski definition) is 4. The average Bonchev–Trinajstić information content (AvgIpc) is 2.91. The fraction of sp³-hybridized carbons (Fsp3) is 0.100. The van der Waals surface area contributed by atoms with Gasteiger partial charge in [0.25, 0.3) is 5.91 Å². The summed E-state index contributed by atoms with van der Waals surface area (Å²) < 4.78 is 0.